The molecule has 1 saturated carbocycles. The Morgan fingerprint density at radius 1 is 1.35 bits per heavy atom. The summed E-state index contributed by atoms with van der Waals surface area (Å²) in [5.41, 5.74) is 1.24. The van der Waals surface area contributed by atoms with Gasteiger partial charge in [0.2, 0.25) is 0 Å². The Kier molecular flexibility index (Phi) is 4.51. The second kappa shape index (κ2) is 6.53. The average Bonchev–Trinajstić information content (AvgIpc) is 2.86. The van der Waals surface area contributed by atoms with Crippen molar-refractivity contribution in [2.45, 2.75) is 44.7 Å². The minimum Gasteiger partial charge on any atom is -0.493 e. The number of hydrogen-bond donors (Lipinski definition) is 1. The maximum atomic E-state index is 5.76. The molecule has 0 aromatic heterocycles. The van der Waals surface area contributed by atoms with Gasteiger partial charge < -0.3 is 10.1 Å². The molecule has 2 unspecified atom stereocenters. The molecule has 1 aromatic carbocycles. The number of aliphatic imine (C=N–C) groups is 1. The number of thioether (sulfide) groups is 1. The van der Waals surface area contributed by atoms with Crippen LogP contribution in [-0.2, 0) is 0 Å². The summed E-state index contributed by atoms with van der Waals surface area (Å²) in [6, 6.07) is 9.33. The van der Waals surface area contributed by atoms with Gasteiger partial charge in [0, 0.05) is 5.75 Å². The van der Waals surface area contributed by atoms with Crippen LogP contribution in [-0.4, -0.2) is 29.6 Å². The Morgan fingerprint density at radius 3 is 3.10 bits per heavy atom. The second-order valence-electron chi connectivity index (χ2n) is 5.55. The topological polar surface area (TPSA) is 33.6 Å². The molecule has 2 atom stereocenters. The molecule has 1 heterocycles. The van der Waals surface area contributed by atoms with E-state index < -0.39 is 0 Å². The zero-order chi connectivity index (χ0) is 13.8. The molecule has 1 aromatic rings. The van der Waals surface area contributed by atoms with Crippen molar-refractivity contribution in [1.29, 1.82) is 0 Å². The van der Waals surface area contributed by atoms with Crippen LogP contribution >= 0.6 is 11.8 Å². The highest BCUT2D eigenvalue weighted by molar-refractivity contribution is 8.13. The standard InChI is InChI=1S/C16H22N2OS/c1-12-5-4-6-13(11-12)19-9-10-20-16-17-14-7-2-3-8-15(14)18-16/h4-6,11,14-15H,2-3,7-10H2,1H3,(H,17,18). The molecule has 1 fully saturated rings. The zero-order valence-electron chi connectivity index (χ0n) is 12.0. The van der Waals surface area contributed by atoms with Gasteiger partial charge in [-0.1, -0.05) is 36.7 Å². The van der Waals surface area contributed by atoms with E-state index in [9.17, 15) is 0 Å². The minimum absolute atomic E-state index is 0.531. The monoisotopic (exact) mass is 290 g/mol. The predicted molar refractivity (Wildman–Crippen MR) is 85.7 cm³/mol. The van der Waals surface area contributed by atoms with E-state index in [1.165, 1.54) is 31.2 Å². The van der Waals surface area contributed by atoms with Gasteiger partial charge in [0.1, 0.15) is 5.75 Å². The molecule has 3 rings (SSSR count). The van der Waals surface area contributed by atoms with Crippen LogP contribution in [0.4, 0.5) is 0 Å². The van der Waals surface area contributed by atoms with Crippen LogP contribution in [0.5, 0.6) is 5.75 Å². The highest BCUT2D eigenvalue weighted by Crippen LogP contribution is 2.27. The van der Waals surface area contributed by atoms with E-state index in [0.29, 0.717) is 12.1 Å². The molecule has 1 N–H and O–H groups in total. The van der Waals surface area contributed by atoms with Crippen LogP contribution in [0.25, 0.3) is 0 Å². The molecule has 108 valence electrons. The van der Waals surface area contributed by atoms with Crippen molar-refractivity contribution in [1.82, 2.24) is 5.32 Å². The van der Waals surface area contributed by atoms with Crippen LogP contribution in [0.15, 0.2) is 29.3 Å². The van der Waals surface area contributed by atoms with Crippen LogP contribution in [0.1, 0.15) is 31.2 Å². The molecule has 3 nitrogen and oxygen atoms in total. The van der Waals surface area contributed by atoms with Gasteiger partial charge in [-0.15, -0.1) is 0 Å². The molecule has 0 spiro atoms. The highest BCUT2D eigenvalue weighted by Gasteiger charge is 2.30. The first-order valence-corrected chi connectivity index (χ1v) is 8.46. The average molecular weight is 290 g/mol. The Bertz CT molecular complexity index is 489. The predicted octanol–water partition coefficient (Wildman–Crippen LogP) is 3.38. The first-order valence-electron chi connectivity index (χ1n) is 7.48. The van der Waals surface area contributed by atoms with Crippen molar-refractivity contribution in [2.75, 3.05) is 12.4 Å². The molecular formula is C16H22N2OS. The fourth-order valence-electron chi connectivity index (χ4n) is 2.86. The van der Waals surface area contributed by atoms with Crippen molar-refractivity contribution in [3.8, 4) is 5.75 Å². The highest BCUT2D eigenvalue weighted by atomic mass is 32.2. The number of benzene rings is 1. The lowest BCUT2D eigenvalue weighted by atomic mass is 9.92. The molecular weight excluding hydrogens is 268 g/mol. The number of ether oxygens (including phenoxy) is 1. The number of aryl methyl sites for hydroxylation is 1. The summed E-state index contributed by atoms with van der Waals surface area (Å²) >= 11 is 1.79. The van der Waals surface area contributed by atoms with E-state index in [1.807, 2.05) is 12.1 Å². The van der Waals surface area contributed by atoms with E-state index in [0.717, 1.165) is 23.3 Å². The number of fused-ring (bicyclic) bond motifs is 1. The van der Waals surface area contributed by atoms with E-state index in [2.05, 4.69) is 24.4 Å². The minimum atomic E-state index is 0.531. The fraction of sp³-hybridized carbons (Fsp3) is 0.562. The van der Waals surface area contributed by atoms with E-state index in [1.54, 1.807) is 11.8 Å². The molecule has 20 heavy (non-hydrogen) atoms. The summed E-state index contributed by atoms with van der Waals surface area (Å²) in [6.07, 6.45) is 5.21. The summed E-state index contributed by atoms with van der Waals surface area (Å²) in [7, 11) is 0. The van der Waals surface area contributed by atoms with Crippen LogP contribution in [0, 0.1) is 6.92 Å². The van der Waals surface area contributed by atoms with Crippen molar-refractivity contribution in [2.24, 2.45) is 4.99 Å². The number of rotatable bonds is 4. The maximum absolute atomic E-state index is 5.76. The molecule has 0 amide bonds. The van der Waals surface area contributed by atoms with Gasteiger partial charge in [0.05, 0.1) is 18.7 Å². The van der Waals surface area contributed by atoms with Gasteiger partial charge in [-0.05, 0) is 37.5 Å². The third-order valence-electron chi connectivity index (χ3n) is 3.90. The van der Waals surface area contributed by atoms with E-state index in [4.69, 9.17) is 9.73 Å². The first-order chi connectivity index (χ1) is 9.81. The Balaban J connectivity index is 1.40. The van der Waals surface area contributed by atoms with Crippen LogP contribution in [0.2, 0.25) is 0 Å². The summed E-state index contributed by atoms with van der Waals surface area (Å²) in [6.45, 7) is 2.81. The number of nitrogens with zero attached hydrogens (tertiary/aromatic N) is 1. The Hall–Kier alpha value is -1.16. The number of nitrogens with one attached hydrogen (secondary N) is 1. The number of amidine groups is 1. The summed E-state index contributed by atoms with van der Waals surface area (Å²) in [5.74, 6) is 1.90. The van der Waals surface area contributed by atoms with Crippen LogP contribution < -0.4 is 10.1 Å². The normalized spacial score (nSPS) is 24.8. The fourth-order valence-corrected chi connectivity index (χ4v) is 3.67. The smallest absolute Gasteiger partial charge is 0.157 e. The Labute approximate surface area is 125 Å². The quantitative estimate of drug-likeness (QED) is 0.863. The van der Waals surface area contributed by atoms with Gasteiger partial charge in [0.15, 0.2) is 5.17 Å². The third-order valence-corrected chi connectivity index (χ3v) is 4.77. The largest absolute Gasteiger partial charge is 0.493 e. The molecule has 0 radical (unpaired) electrons. The van der Waals surface area contributed by atoms with Crippen molar-refractivity contribution in [3.63, 3.8) is 0 Å². The summed E-state index contributed by atoms with van der Waals surface area (Å²) in [5, 5.41) is 4.68. The lowest BCUT2D eigenvalue weighted by Crippen LogP contribution is -2.36. The molecule has 1 aliphatic heterocycles. The van der Waals surface area contributed by atoms with Crippen molar-refractivity contribution < 1.29 is 4.74 Å². The Morgan fingerprint density at radius 2 is 2.25 bits per heavy atom. The first kappa shape index (κ1) is 13.8. The summed E-state index contributed by atoms with van der Waals surface area (Å²) < 4.78 is 5.76. The second-order valence-corrected chi connectivity index (χ2v) is 6.63. The van der Waals surface area contributed by atoms with Crippen LogP contribution in [0.3, 0.4) is 0 Å². The molecule has 0 bridgehead atoms. The molecule has 0 saturated heterocycles. The van der Waals surface area contributed by atoms with Crippen molar-refractivity contribution in [3.05, 3.63) is 29.8 Å². The summed E-state index contributed by atoms with van der Waals surface area (Å²) in [4.78, 5) is 4.78. The van der Waals surface area contributed by atoms with Crippen molar-refractivity contribution >= 4 is 16.9 Å². The SMILES string of the molecule is Cc1cccc(OCCSC2=NC3CCCCC3N2)c1. The third kappa shape index (κ3) is 3.48. The molecule has 4 heteroatoms. The lowest BCUT2D eigenvalue weighted by Gasteiger charge is -2.23. The van der Waals surface area contributed by atoms with Gasteiger partial charge in [-0.25, -0.2) is 0 Å². The van der Waals surface area contributed by atoms with Gasteiger partial charge in [-0.2, -0.15) is 0 Å². The van der Waals surface area contributed by atoms with Gasteiger partial charge in [-0.3, -0.25) is 4.99 Å². The van der Waals surface area contributed by atoms with E-state index in [-0.39, 0.29) is 0 Å². The lowest BCUT2D eigenvalue weighted by molar-refractivity contribution is 0.344. The van der Waals surface area contributed by atoms with Gasteiger partial charge >= 0.3 is 0 Å². The van der Waals surface area contributed by atoms with E-state index >= 15 is 0 Å². The molecule has 1 aliphatic carbocycles. The van der Waals surface area contributed by atoms with Gasteiger partial charge in [0.25, 0.3) is 0 Å². The number of hydrogen-bond acceptors (Lipinski definition) is 4. The zero-order valence-corrected chi connectivity index (χ0v) is 12.8. The maximum Gasteiger partial charge on any atom is 0.157 e. The molecule has 2 aliphatic rings.